The molecule has 114 valence electrons. The number of nitrogens with one attached hydrogen (secondary N) is 1. The lowest BCUT2D eigenvalue weighted by molar-refractivity contribution is -0.141. The molecule has 0 aromatic heterocycles. The molecule has 1 aliphatic rings. The maximum atomic E-state index is 12.3. The van der Waals surface area contributed by atoms with Crippen molar-refractivity contribution < 1.29 is 19.8 Å². The molecule has 2 rings (SSSR count). The van der Waals surface area contributed by atoms with E-state index in [1.807, 2.05) is 31.1 Å². The van der Waals surface area contributed by atoms with E-state index in [4.69, 9.17) is 5.11 Å². The number of amides is 2. The number of aliphatic carboxylic acids is 1. The third kappa shape index (κ3) is 3.25. The van der Waals surface area contributed by atoms with Crippen LogP contribution in [0, 0.1) is 0 Å². The molecule has 2 amide bonds. The summed E-state index contributed by atoms with van der Waals surface area (Å²) in [5.41, 5.74) is 1.41. The van der Waals surface area contributed by atoms with E-state index in [9.17, 15) is 14.7 Å². The van der Waals surface area contributed by atoms with Crippen LogP contribution in [-0.2, 0) is 4.79 Å². The Hall–Kier alpha value is -2.28. The van der Waals surface area contributed by atoms with Crippen molar-refractivity contribution in [2.75, 3.05) is 30.9 Å². The largest absolute Gasteiger partial charge is 0.480 e. The quantitative estimate of drug-likeness (QED) is 0.766. The predicted molar refractivity (Wildman–Crippen MR) is 78.5 cm³/mol. The lowest BCUT2D eigenvalue weighted by Crippen LogP contribution is -2.43. The lowest BCUT2D eigenvalue weighted by Gasteiger charge is -2.23. The van der Waals surface area contributed by atoms with Crippen LogP contribution < -0.4 is 10.2 Å². The molecule has 0 radical (unpaired) electrons. The minimum absolute atomic E-state index is 0.0208. The topological polar surface area (TPSA) is 93.1 Å². The van der Waals surface area contributed by atoms with Crippen LogP contribution in [0.2, 0.25) is 0 Å². The van der Waals surface area contributed by atoms with Gasteiger partial charge in [-0.25, -0.2) is 9.59 Å². The number of rotatable bonds is 3. The Morgan fingerprint density at radius 2 is 2.00 bits per heavy atom. The molecular weight excluding hydrogens is 274 g/mol. The number of aliphatic hydroxyl groups excluding tert-OH is 1. The van der Waals surface area contributed by atoms with Gasteiger partial charge in [0, 0.05) is 27.1 Å². The van der Waals surface area contributed by atoms with Crippen molar-refractivity contribution in [3.8, 4) is 0 Å². The van der Waals surface area contributed by atoms with Crippen LogP contribution in [0.5, 0.6) is 0 Å². The smallest absolute Gasteiger partial charge is 0.326 e. The Labute approximate surface area is 122 Å². The van der Waals surface area contributed by atoms with Gasteiger partial charge in [-0.05, 0) is 12.1 Å². The Kier molecular flexibility index (Phi) is 4.32. The molecule has 7 nitrogen and oxygen atoms in total. The van der Waals surface area contributed by atoms with Crippen LogP contribution in [0.1, 0.15) is 6.42 Å². The van der Waals surface area contributed by atoms with E-state index in [-0.39, 0.29) is 13.0 Å². The van der Waals surface area contributed by atoms with Crippen LogP contribution in [-0.4, -0.2) is 59.9 Å². The SMILES string of the molecule is CN(C)c1ccccc1NC(=O)N1CC(O)CC1C(=O)O. The third-order valence-electron chi connectivity index (χ3n) is 3.45. The second kappa shape index (κ2) is 6.01. The van der Waals surface area contributed by atoms with Crippen molar-refractivity contribution in [3.63, 3.8) is 0 Å². The number of likely N-dealkylation sites (tertiary alicyclic amines) is 1. The molecule has 0 bridgehead atoms. The van der Waals surface area contributed by atoms with E-state index < -0.39 is 24.1 Å². The van der Waals surface area contributed by atoms with Crippen molar-refractivity contribution >= 4 is 23.4 Å². The number of urea groups is 1. The highest BCUT2D eigenvalue weighted by Gasteiger charge is 2.39. The summed E-state index contributed by atoms with van der Waals surface area (Å²) in [6, 6.07) is 5.72. The Morgan fingerprint density at radius 1 is 1.33 bits per heavy atom. The molecule has 2 unspecified atom stereocenters. The van der Waals surface area contributed by atoms with Crippen LogP contribution in [0.4, 0.5) is 16.2 Å². The number of para-hydroxylation sites is 2. The number of nitrogens with zero attached hydrogens (tertiary/aromatic N) is 2. The van der Waals surface area contributed by atoms with Gasteiger partial charge in [0.25, 0.3) is 0 Å². The number of carboxylic acids is 1. The fourth-order valence-corrected chi connectivity index (χ4v) is 2.43. The van der Waals surface area contributed by atoms with Crippen LogP contribution >= 0.6 is 0 Å². The molecule has 2 atom stereocenters. The minimum Gasteiger partial charge on any atom is -0.480 e. The molecule has 0 spiro atoms. The number of aliphatic hydroxyl groups is 1. The van der Waals surface area contributed by atoms with E-state index in [2.05, 4.69) is 5.32 Å². The zero-order valence-corrected chi connectivity index (χ0v) is 12.0. The fraction of sp³-hybridized carbons (Fsp3) is 0.429. The van der Waals surface area contributed by atoms with Gasteiger partial charge in [-0.3, -0.25) is 0 Å². The molecule has 21 heavy (non-hydrogen) atoms. The summed E-state index contributed by atoms with van der Waals surface area (Å²) in [7, 11) is 3.70. The first-order valence-corrected chi connectivity index (χ1v) is 6.65. The van der Waals surface area contributed by atoms with Gasteiger partial charge in [0.2, 0.25) is 0 Å². The van der Waals surface area contributed by atoms with Gasteiger partial charge in [0.1, 0.15) is 6.04 Å². The summed E-state index contributed by atoms with van der Waals surface area (Å²) in [4.78, 5) is 26.4. The third-order valence-corrected chi connectivity index (χ3v) is 3.45. The van der Waals surface area contributed by atoms with Gasteiger partial charge < -0.3 is 25.3 Å². The number of carbonyl (C=O) groups is 2. The molecule has 1 aromatic rings. The van der Waals surface area contributed by atoms with Crippen LogP contribution in [0.3, 0.4) is 0 Å². The van der Waals surface area contributed by atoms with Gasteiger partial charge in [-0.2, -0.15) is 0 Å². The number of benzene rings is 1. The number of β-amino-alcohol motifs (C(OH)–C–C–N with tert-alkyl or cyclic N) is 1. The van der Waals surface area contributed by atoms with E-state index in [0.29, 0.717) is 5.69 Å². The molecule has 1 heterocycles. The highest BCUT2D eigenvalue weighted by atomic mass is 16.4. The normalized spacial score (nSPS) is 21.2. The Bertz CT molecular complexity index is 547. The van der Waals surface area contributed by atoms with E-state index in [0.717, 1.165) is 10.6 Å². The maximum Gasteiger partial charge on any atom is 0.326 e. The molecule has 3 N–H and O–H groups in total. The van der Waals surface area contributed by atoms with Gasteiger partial charge in [0.15, 0.2) is 0 Å². The molecule has 7 heteroatoms. The van der Waals surface area contributed by atoms with Crippen molar-refractivity contribution in [2.45, 2.75) is 18.6 Å². The molecular formula is C14H19N3O4. The standard InChI is InChI=1S/C14H19N3O4/c1-16(2)11-6-4-3-5-10(11)15-14(21)17-8-9(18)7-12(17)13(19)20/h3-6,9,12,18H,7-8H2,1-2H3,(H,15,21)(H,19,20). The summed E-state index contributed by atoms with van der Waals surface area (Å²) >= 11 is 0. The summed E-state index contributed by atoms with van der Waals surface area (Å²) in [5.74, 6) is -1.11. The molecule has 1 saturated heterocycles. The molecule has 1 fully saturated rings. The Balaban J connectivity index is 2.16. The first-order chi connectivity index (χ1) is 9.90. The van der Waals surface area contributed by atoms with E-state index in [1.54, 1.807) is 12.1 Å². The number of anilines is 2. The van der Waals surface area contributed by atoms with Crippen molar-refractivity contribution in [1.29, 1.82) is 0 Å². The number of carboxylic acid groups (broad SMARTS) is 1. The number of hydrogen-bond acceptors (Lipinski definition) is 4. The molecule has 0 aliphatic carbocycles. The molecule has 1 aliphatic heterocycles. The van der Waals surface area contributed by atoms with Crippen molar-refractivity contribution in [3.05, 3.63) is 24.3 Å². The van der Waals surface area contributed by atoms with Gasteiger partial charge in [-0.1, -0.05) is 12.1 Å². The summed E-state index contributed by atoms with van der Waals surface area (Å²) in [5, 5.41) is 21.4. The first-order valence-electron chi connectivity index (χ1n) is 6.65. The van der Waals surface area contributed by atoms with Crippen LogP contribution in [0.25, 0.3) is 0 Å². The first kappa shape index (κ1) is 15.1. The monoisotopic (exact) mass is 293 g/mol. The second-order valence-electron chi connectivity index (χ2n) is 5.24. The fourth-order valence-electron chi connectivity index (χ4n) is 2.43. The van der Waals surface area contributed by atoms with E-state index in [1.165, 1.54) is 0 Å². The number of carbonyl (C=O) groups excluding carboxylic acids is 1. The Morgan fingerprint density at radius 3 is 2.62 bits per heavy atom. The highest BCUT2D eigenvalue weighted by Crippen LogP contribution is 2.25. The van der Waals surface area contributed by atoms with Crippen molar-refractivity contribution in [2.24, 2.45) is 0 Å². The highest BCUT2D eigenvalue weighted by molar-refractivity contribution is 5.95. The molecule has 0 saturated carbocycles. The van der Waals surface area contributed by atoms with Crippen LogP contribution in [0.15, 0.2) is 24.3 Å². The average molecular weight is 293 g/mol. The second-order valence-corrected chi connectivity index (χ2v) is 5.24. The van der Waals surface area contributed by atoms with Gasteiger partial charge in [0.05, 0.1) is 17.5 Å². The lowest BCUT2D eigenvalue weighted by atomic mass is 10.2. The predicted octanol–water partition coefficient (Wildman–Crippen LogP) is 0.804. The number of hydrogen-bond donors (Lipinski definition) is 3. The maximum absolute atomic E-state index is 12.3. The zero-order chi connectivity index (χ0) is 15.6. The summed E-state index contributed by atoms with van der Waals surface area (Å²) in [6.07, 6.45) is -0.751. The van der Waals surface area contributed by atoms with Gasteiger partial charge in [-0.15, -0.1) is 0 Å². The summed E-state index contributed by atoms with van der Waals surface area (Å²) < 4.78 is 0. The minimum atomic E-state index is -1.11. The summed E-state index contributed by atoms with van der Waals surface area (Å²) in [6.45, 7) is 0.0208. The molecule has 1 aromatic carbocycles. The zero-order valence-electron chi connectivity index (χ0n) is 12.0. The average Bonchev–Trinajstić information content (AvgIpc) is 2.81. The van der Waals surface area contributed by atoms with E-state index >= 15 is 0 Å². The van der Waals surface area contributed by atoms with Crippen molar-refractivity contribution in [1.82, 2.24) is 4.90 Å². The van der Waals surface area contributed by atoms with Gasteiger partial charge >= 0.3 is 12.0 Å².